The number of nitrogens with one attached hydrogen (secondary N) is 1. The molecule has 0 aromatic heterocycles. The maximum absolute atomic E-state index is 13.8. The van der Waals surface area contributed by atoms with Crippen LogP contribution in [-0.2, 0) is 4.74 Å². The summed E-state index contributed by atoms with van der Waals surface area (Å²) in [6.45, 7) is 5.03. The zero-order chi connectivity index (χ0) is 14.6. The van der Waals surface area contributed by atoms with E-state index in [4.69, 9.17) is 9.47 Å². The van der Waals surface area contributed by atoms with Crippen molar-refractivity contribution >= 4 is 18.1 Å². The quantitative estimate of drug-likeness (QED) is 0.857. The second-order valence-corrected chi connectivity index (χ2v) is 4.82. The van der Waals surface area contributed by atoms with Crippen LogP contribution in [0, 0.1) is 5.82 Å². The lowest BCUT2D eigenvalue weighted by atomic mass is 10.1. The van der Waals surface area contributed by atoms with Gasteiger partial charge in [-0.3, -0.25) is 10.1 Å². The summed E-state index contributed by atoms with van der Waals surface area (Å²) in [5, 5.41) is 2.21. The Labute approximate surface area is 110 Å². The van der Waals surface area contributed by atoms with Crippen LogP contribution in [0.2, 0.25) is 0 Å². The van der Waals surface area contributed by atoms with Crippen molar-refractivity contribution < 1.29 is 23.5 Å². The molecular formula is C13H16FNO4. The van der Waals surface area contributed by atoms with Gasteiger partial charge in [-0.15, -0.1) is 0 Å². The number of hydrogen-bond donors (Lipinski definition) is 1. The van der Waals surface area contributed by atoms with Crippen molar-refractivity contribution in [1.29, 1.82) is 0 Å². The van der Waals surface area contributed by atoms with Gasteiger partial charge < -0.3 is 9.47 Å². The Hall–Kier alpha value is -2.11. The van der Waals surface area contributed by atoms with Crippen LogP contribution in [0.1, 0.15) is 31.1 Å². The van der Waals surface area contributed by atoms with Crippen LogP contribution in [-0.4, -0.2) is 25.1 Å². The molecular weight excluding hydrogens is 253 g/mol. The van der Waals surface area contributed by atoms with E-state index in [0.717, 1.165) is 6.07 Å². The van der Waals surface area contributed by atoms with E-state index in [2.05, 4.69) is 5.32 Å². The average Bonchev–Trinajstić information content (AvgIpc) is 2.29. The van der Waals surface area contributed by atoms with E-state index in [1.807, 2.05) is 0 Å². The summed E-state index contributed by atoms with van der Waals surface area (Å²) < 4.78 is 23.6. The van der Waals surface area contributed by atoms with Gasteiger partial charge in [0.1, 0.15) is 11.4 Å². The number of ether oxygens (including phenoxy) is 2. The van der Waals surface area contributed by atoms with Gasteiger partial charge in [0, 0.05) is 11.6 Å². The first-order valence-electron chi connectivity index (χ1n) is 5.59. The lowest BCUT2D eigenvalue weighted by Gasteiger charge is -2.20. The molecule has 0 fully saturated rings. The normalized spacial score (nSPS) is 10.8. The minimum Gasteiger partial charge on any atom is -0.497 e. The van der Waals surface area contributed by atoms with Gasteiger partial charge in [-0.2, -0.15) is 0 Å². The first kappa shape index (κ1) is 14.9. The summed E-state index contributed by atoms with van der Waals surface area (Å²) in [5.74, 6) is -0.582. The Morgan fingerprint density at radius 2 is 2.00 bits per heavy atom. The molecule has 19 heavy (non-hydrogen) atoms. The van der Waals surface area contributed by atoms with E-state index in [1.165, 1.54) is 13.2 Å². The number of halogens is 1. The van der Waals surface area contributed by atoms with Crippen LogP contribution in [0.25, 0.3) is 0 Å². The fourth-order valence-electron chi connectivity index (χ4n) is 1.35. The predicted molar refractivity (Wildman–Crippen MR) is 68.2 cm³/mol. The number of methoxy groups -OCH3 is 1. The van der Waals surface area contributed by atoms with E-state index in [9.17, 15) is 14.0 Å². The fraction of sp³-hybridized carbons (Fsp3) is 0.385. The van der Waals surface area contributed by atoms with Crippen LogP contribution in [0.15, 0.2) is 12.1 Å². The zero-order valence-electron chi connectivity index (χ0n) is 11.2. The molecule has 0 unspecified atom stereocenters. The fourth-order valence-corrected chi connectivity index (χ4v) is 1.35. The molecule has 5 nitrogen and oxygen atoms in total. The largest absolute Gasteiger partial charge is 0.497 e. The van der Waals surface area contributed by atoms with Gasteiger partial charge in [-0.05, 0) is 26.8 Å². The number of hydrogen-bond acceptors (Lipinski definition) is 4. The van der Waals surface area contributed by atoms with Crippen molar-refractivity contribution in [3.63, 3.8) is 0 Å². The molecule has 0 radical (unpaired) electrons. The number of amides is 1. The smallest absolute Gasteiger partial charge is 0.412 e. The first-order chi connectivity index (χ1) is 8.76. The van der Waals surface area contributed by atoms with Gasteiger partial charge in [0.25, 0.3) is 0 Å². The molecule has 0 aliphatic rings. The molecule has 0 heterocycles. The molecule has 0 atom stereocenters. The van der Waals surface area contributed by atoms with E-state index in [1.54, 1.807) is 20.8 Å². The summed E-state index contributed by atoms with van der Waals surface area (Å²) in [6.07, 6.45) is -0.405. The minimum atomic E-state index is -0.834. The highest BCUT2D eigenvalue weighted by atomic mass is 19.1. The van der Waals surface area contributed by atoms with Crippen molar-refractivity contribution in [2.75, 3.05) is 12.4 Å². The Morgan fingerprint density at radius 1 is 1.37 bits per heavy atom. The number of benzene rings is 1. The second-order valence-electron chi connectivity index (χ2n) is 4.82. The van der Waals surface area contributed by atoms with Crippen molar-refractivity contribution in [2.24, 2.45) is 0 Å². The van der Waals surface area contributed by atoms with Crippen LogP contribution in [0.5, 0.6) is 5.75 Å². The summed E-state index contributed by atoms with van der Waals surface area (Å²) >= 11 is 0. The molecule has 0 bridgehead atoms. The molecule has 1 amide bonds. The van der Waals surface area contributed by atoms with Crippen LogP contribution in [0.4, 0.5) is 14.9 Å². The lowest BCUT2D eigenvalue weighted by Crippen LogP contribution is -2.27. The Morgan fingerprint density at radius 3 is 2.47 bits per heavy atom. The minimum absolute atomic E-state index is 0.0253. The molecule has 1 aromatic rings. The van der Waals surface area contributed by atoms with Crippen molar-refractivity contribution in [3.8, 4) is 5.75 Å². The van der Waals surface area contributed by atoms with E-state index >= 15 is 0 Å². The molecule has 1 N–H and O–H groups in total. The number of carbonyl (C=O) groups is 2. The molecule has 1 aromatic carbocycles. The molecule has 104 valence electrons. The Balaban J connectivity index is 3.01. The third-order valence-electron chi connectivity index (χ3n) is 2.08. The molecule has 0 saturated heterocycles. The third kappa shape index (κ3) is 4.24. The number of aldehydes is 1. The topological polar surface area (TPSA) is 64.6 Å². The van der Waals surface area contributed by atoms with Crippen molar-refractivity contribution in [2.45, 2.75) is 26.4 Å². The number of rotatable bonds is 3. The maximum Gasteiger partial charge on any atom is 0.412 e. The summed E-state index contributed by atoms with van der Waals surface area (Å²) in [7, 11) is 1.35. The Bertz CT molecular complexity index is 494. The summed E-state index contributed by atoms with van der Waals surface area (Å²) in [4.78, 5) is 22.5. The SMILES string of the molecule is COc1cc(F)c(NC(=O)OC(C)(C)C)c(C=O)c1. The van der Waals surface area contributed by atoms with E-state index in [0.29, 0.717) is 6.29 Å². The zero-order valence-corrected chi connectivity index (χ0v) is 11.2. The number of anilines is 1. The van der Waals surface area contributed by atoms with Gasteiger partial charge >= 0.3 is 6.09 Å². The molecule has 0 spiro atoms. The standard InChI is InChI=1S/C13H16FNO4/c1-13(2,3)19-12(17)15-11-8(7-16)5-9(18-4)6-10(11)14/h5-7H,1-4H3,(H,15,17). The van der Waals surface area contributed by atoms with Gasteiger partial charge in [0.2, 0.25) is 0 Å². The lowest BCUT2D eigenvalue weighted by molar-refractivity contribution is 0.0635. The van der Waals surface area contributed by atoms with Gasteiger partial charge in [0.05, 0.1) is 12.8 Å². The van der Waals surface area contributed by atoms with Crippen LogP contribution >= 0.6 is 0 Å². The summed E-state index contributed by atoms with van der Waals surface area (Å²) in [5.41, 5.74) is -0.971. The van der Waals surface area contributed by atoms with Gasteiger partial charge in [-0.1, -0.05) is 0 Å². The van der Waals surface area contributed by atoms with Crippen LogP contribution in [0.3, 0.4) is 0 Å². The average molecular weight is 269 g/mol. The highest BCUT2D eigenvalue weighted by Crippen LogP contribution is 2.25. The highest BCUT2D eigenvalue weighted by Gasteiger charge is 2.19. The van der Waals surface area contributed by atoms with E-state index < -0.39 is 17.5 Å². The molecule has 6 heteroatoms. The van der Waals surface area contributed by atoms with Crippen LogP contribution < -0.4 is 10.1 Å². The predicted octanol–water partition coefficient (Wildman–Crippen LogP) is 2.99. The maximum atomic E-state index is 13.8. The first-order valence-corrected chi connectivity index (χ1v) is 5.59. The molecule has 1 rings (SSSR count). The van der Waals surface area contributed by atoms with E-state index in [-0.39, 0.29) is 17.0 Å². The summed E-state index contributed by atoms with van der Waals surface area (Å²) in [6, 6.07) is 2.39. The Kier molecular flexibility index (Phi) is 4.47. The highest BCUT2D eigenvalue weighted by molar-refractivity contribution is 5.93. The molecule has 0 saturated carbocycles. The van der Waals surface area contributed by atoms with Crippen molar-refractivity contribution in [1.82, 2.24) is 0 Å². The van der Waals surface area contributed by atoms with Crippen molar-refractivity contribution in [3.05, 3.63) is 23.5 Å². The third-order valence-corrected chi connectivity index (χ3v) is 2.08. The molecule has 0 aliphatic carbocycles. The second kappa shape index (κ2) is 5.69. The van der Waals surface area contributed by atoms with Gasteiger partial charge in [-0.25, -0.2) is 9.18 Å². The number of carbonyl (C=O) groups excluding carboxylic acids is 2. The monoisotopic (exact) mass is 269 g/mol. The molecule has 0 aliphatic heterocycles. The van der Waals surface area contributed by atoms with Gasteiger partial charge in [0.15, 0.2) is 12.1 Å².